The first kappa shape index (κ1) is 17.7. The molecule has 2 aromatic rings. The monoisotopic (exact) mass is 339 g/mol. The first-order chi connectivity index (χ1) is 11.4. The first-order valence-corrected chi connectivity index (χ1v) is 7.36. The van der Waals surface area contributed by atoms with Crippen molar-refractivity contribution in [2.45, 2.75) is 20.1 Å². The van der Waals surface area contributed by atoms with Gasteiger partial charge in [0.1, 0.15) is 0 Å². The van der Waals surface area contributed by atoms with Crippen molar-refractivity contribution < 1.29 is 23.0 Å². The van der Waals surface area contributed by atoms with Crippen molar-refractivity contribution >= 4 is 5.91 Å². The molecule has 0 aliphatic heterocycles. The Morgan fingerprint density at radius 2 is 2.08 bits per heavy atom. The molecule has 0 N–H and O–H groups in total. The van der Waals surface area contributed by atoms with Gasteiger partial charge in [-0.1, -0.05) is 0 Å². The van der Waals surface area contributed by atoms with E-state index in [2.05, 4.69) is 9.84 Å². The van der Waals surface area contributed by atoms with Crippen LogP contribution in [0.1, 0.15) is 23.0 Å². The van der Waals surface area contributed by atoms with Gasteiger partial charge < -0.3 is 14.4 Å². The summed E-state index contributed by atoms with van der Waals surface area (Å²) >= 11 is 0. The number of nitrogens with zero attached hydrogens (tertiary/aromatic N) is 3. The summed E-state index contributed by atoms with van der Waals surface area (Å²) in [6.45, 7) is -0.607. The zero-order chi connectivity index (χ0) is 17.7. The van der Waals surface area contributed by atoms with E-state index in [9.17, 15) is 13.6 Å². The van der Waals surface area contributed by atoms with Crippen LogP contribution in [0.3, 0.4) is 0 Å². The molecule has 1 aromatic carbocycles. The molecular formula is C16H19F2N3O3. The van der Waals surface area contributed by atoms with Gasteiger partial charge in [0, 0.05) is 25.9 Å². The van der Waals surface area contributed by atoms with Gasteiger partial charge in [-0.2, -0.15) is 13.9 Å². The highest BCUT2D eigenvalue weighted by Gasteiger charge is 2.18. The van der Waals surface area contributed by atoms with Crippen molar-refractivity contribution in [3.8, 4) is 11.5 Å². The summed E-state index contributed by atoms with van der Waals surface area (Å²) < 4.78 is 36.2. The van der Waals surface area contributed by atoms with E-state index in [-0.39, 0.29) is 24.0 Å². The lowest BCUT2D eigenvalue weighted by molar-refractivity contribution is -0.0514. The van der Waals surface area contributed by atoms with Crippen molar-refractivity contribution in [1.29, 1.82) is 0 Å². The smallest absolute Gasteiger partial charge is 0.387 e. The number of rotatable bonds is 7. The van der Waals surface area contributed by atoms with E-state index in [1.165, 1.54) is 23.1 Å². The Bertz CT molecular complexity index is 704. The molecule has 1 heterocycles. The Kier molecular flexibility index (Phi) is 5.73. The molecule has 24 heavy (non-hydrogen) atoms. The molecule has 2 rings (SSSR count). The standard InChI is InChI=1S/C16H19F2N3O3/c1-4-23-14-9-11(5-6-13(14)24-16(17)18)15(22)20(2)10-12-7-8-19-21(12)3/h5-9,16H,4,10H2,1-3H3. The summed E-state index contributed by atoms with van der Waals surface area (Å²) in [4.78, 5) is 14.0. The third-order valence-corrected chi connectivity index (χ3v) is 3.37. The first-order valence-electron chi connectivity index (χ1n) is 7.36. The van der Waals surface area contributed by atoms with E-state index < -0.39 is 6.61 Å². The number of halogens is 2. The number of carbonyl (C=O) groups excluding carboxylic acids is 1. The van der Waals surface area contributed by atoms with Crippen LogP contribution in [0.4, 0.5) is 8.78 Å². The number of alkyl halides is 2. The van der Waals surface area contributed by atoms with Gasteiger partial charge in [0.15, 0.2) is 11.5 Å². The third-order valence-electron chi connectivity index (χ3n) is 3.37. The number of aryl methyl sites for hydroxylation is 1. The zero-order valence-electron chi connectivity index (χ0n) is 13.7. The van der Waals surface area contributed by atoms with E-state index in [1.807, 2.05) is 6.07 Å². The van der Waals surface area contributed by atoms with Gasteiger partial charge in [0.05, 0.1) is 18.8 Å². The highest BCUT2D eigenvalue weighted by molar-refractivity contribution is 5.94. The summed E-state index contributed by atoms with van der Waals surface area (Å²) in [5.41, 5.74) is 1.19. The van der Waals surface area contributed by atoms with Crippen LogP contribution in [0.25, 0.3) is 0 Å². The molecule has 6 nitrogen and oxygen atoms in total. The normalized spacial score (nSPS) is 10.8. The molecule has 130 valence electrons. The number of aromatic nitrogens is 2. The van der Waals surface area contributed by atoms with Gasteiger partial charge in [0.25, 0.3) is 5.91 Å². The molecule has 0 unspecified atom stereocenters. The van der Waals surface area contributed by atoms with Crippen LogP contribution in [0, 0.1) is 0 Å². The molecule has 1 aromatic heterocycles. The second kappa shape index (κ2) is 7.76. The SMILES string of the molecule is CCOc1cc(C(=O)N(C)Cc2ccnn2C)ccc1OC(F)F. The van der Waals surface area contributed by atoms with Crippen LogP contribution >= 0.6 is 0 Å². The predicted molar refractivity (Wildman–Crippen MR) is 83.2 cm³/mol. The van der Waals surface area contributed by atoms with Gasteiger partial charge >= 0.3 is 6.61 Å². The highest BCUT2D eigenvalue weighted by Crippen LogP contribution is 2.30. The zero-order valence-corrected chi connectivity index (χ0v) is 13.7. The number of ether oxygens (including phenoxy) is 2. The molecular weight excluding hydrogens is 320 g/mol. The minimum atomic E-state index is -2.96. The summed E-state index contributed by atoms with van der Waals surface area (Å²) in [6.07, 6.45) is 1.65. The summed E-state index contributed by atoms with van der Waals surface area (Å²) in [5, 5.41) is 4.05. The quantitative estimate of drug-likeness (QED) is 0.778. The minimum absolute atomic E-state index is 0.0994. The fraction of sp³-hybridized carbons (Fsp3) is 0.375. The highest BCUT2D eigenvalue weighted by atomic mass is 19.3. The number of amides is 1. The molecule has 1 amide bonds. The number of benzene rings is 1. The lowest BCUT2D eigenvalue weighted by atomic mass is 10.1. The van der Waals surface area contributed by atoms with Crippen molar-refractivity contribution in [2.75, 3.05) is 13.7 Å². The van der Waals surface area contributed by atoms with Gasteiger partial charge in [-0.05, 0) is 31.2 Å². The van der Waals surface area contributed by atoms with Crippen molar-refractivity contribution in [3.63, 3.8) is 0 Å². The molecule has 0 fully saturated rings. The number of hydrogen-bond acceptors (Lipinski definition) is 4. The average Bonchev–Trinajstić information content (AvgIpc) is 2.93. The van der Waals surface area contributed by atoms with Gasteiger partial charge in [-0.15, -0.1) is 0 Å². The molecule has 0 spiro atoms. The minimum Gasteiger partial charge on any atom is -0.490 e. The van der Waals surface area contributed by atoms with E-state index >= 15 is 0 Å². The van der Waals surface area contributed by atoms with Crippen LogP contribution < -0.4 is 9.47 Å². The average molecular weight is 339 g/mol. The fourth-order valence-corrected chi connectivity index (χ4v) is 2.19. The second-order valence-corrected chi connectivity index (χ2v) is 5.08. The molecule has 0 radical (unpaired) electrons. The number of hydrogen-bond donors (Lipinski definition) is 0. The summed E-state index contributed by atoms with van der Waals surface area (Å²) in [6, 6.07) is 5.96. The maximum absolute atomic E-state index is 12.5. The van der Waals surface area contributed by atoms with Gasteiger partial charge in [-0.3, -0.25) is 9.48 Å². The van der Waals surface area contributed by atoms with Crippen LogP contribution in [0.5, 0.6) is 11.5 Å². The Hall–Kier alpha value is -2.64. The van der Waals surface area contributed by atoms with Crippen molar-refractivity contribution in [2.24, 2.45) is 7.05 Å². The molecule has 0 saturated carbocycles. The van der Waals surface area contributed by atoms with Crippen molar-refractivity contribution in [1.82, 2.24) is 14.7 Å². The Morgan fingerprint density at radius 3 is 2.67 bits per heavy atom. The van der Waals surface area contributed by atoms with Crippen LogP contribution in [-0.4, -0.2) is 40.9 Å². The van der Waals surface area contributed by atoms with Gasteiger partial charge in [-0.25, -0.2) is 0 Å². The molecule has 0 aliphatic carbocycles. The molecule has 8 heteroatoms. The summed E-state index contributed by atoms with van der Waals surface area (Å²) in [5.74, 6) is -0.254. The van der Waals surface area contributed by atoms with E-state index in [1.54, 1.807) is 31.9 Å². The van der Waals surface area contributed by atoms with Gasteiger partial charge in [0.2, 0.25) is 0 Å². The Balaban J connectivity index is 2.19. The molecule has 0 bridgehead atoms. The summed E-state index contributed by atoms with van der Waals surface area (Å²) in [7, 11) is 3.44. The Morgan fingerprint density at radius 1 is 1.33 bits per heavy atom. The van der Waals surface area contributed by atoms with E-state index in [0.29, 0.717) is 12.1 Å². The lowest BCUT2D eigenvalue weighted by Gasteiger charge is -2.18. The van der Waals surface area contributed by atoms with E-state index in [4.69, 9.17) is 4.74 Å². The topological polar surface area (TPSA) is 56.6 Å². The van der Waals surface area contributed by atoms with Crippen molar-refractivity contribution in [3.05, 3.63) is 41.7 Å². The van der Waals surface area contributed by atoms with Crippen LogP contribution in [0.2, 0.25) is 0 Å². The fourth-order valence-electron chi connectivity index (χ4n) is 2.19. The maximum atomic E-state index is 12.5. The molecule has 0 atom stereocenters. The van der Waals surface area contributed by atoms with Crippen LogP contribution in [0.15, 0.2) is 30.5 Å². The molecule has 0 saturated heterocycles. The molecule has 0 aliphatic rings. The lowest BCUT2D eigenvalue weighted by Crippen LogP contribution is -2.27. The Labute approximate surface area is 138 Å². The van der Waals surface area contributed by atoms with E-state index in [0.717, 1.165) is 5.69 Å². The largest absolute Gasteiger partial charge is 0.490 e. The third kappa shape index (κ3) is 4.21. The second-order valence-electron chi connectivity index (χ2n) is 5.08. The predicted octanol–water partition coefficient (Wildman–Crippen LogP) is 2.69. The number of carbonyl (C=O) groups is 1. The van der Waals surface area contributed by atoms with Crippen LogP contribution in [-0.2, 0) is 13.6 Å². The maximum Gasteiger partial charge on any atom is 0.387 e.